The van der Waals surface area contributed by atoms with E-state index in [1.807, 2.05) is 12.1 Å². The Kier molecular flexibility index (Phi) is 6.65. The van der Waals surface area contributed by atoms with Crippen molar-refractivity contribution >= 4 is 27.5 Å². The summed E-state index contributed by atoms with van der Waals surface area (Å²) in [4.78, 5) is 0. The zero-order chi connectivity index (χ0) is 12.7. The maximum atomic E-state index is 6.11. The van der Waals surface area contributed by atoms with Gasteiger partial charge in [-0.1, -0.05) is 24.6 Å². The Morgan fingerprint density at radius 1 is 1.53 bits per heavy atom. The van der Waals surface area contributed by atoms with Gasteiger partial charge in [-0.2, -0.15) is 0 Å². The minimum Gasteiger partial charge on any atom is -0.310 e. The van der Waals surface area contributed by atoms with Crippen LogP contribution in [0.2, 0.25) is 5.02 Å². The van der Waals surface area contributed by atoms with Gasteiger partial charge in [0.15, 0.2) is 0 Å². The Morgan fingerprint density at radius 3 is 2.88 bits per heavy atom. The molecule has 3 heteroatoms. The van der Waals surface area contributed by atoms with Gasteiger partial charge in [0.2, 0.25) is 0 Å². The van der Waals surface area contributed by atoms with E-state index >= 15 is 0 Å². The van der Waals surface area contributed by atoms with Gasteiger partial charge in [0, 0.05) is 16.9 Å². The summed E-state index contributed by atoms with van der Waals surface area (Å²) in [7, 11) is 0. The summed E-state index contributed by atoms with van der Waals surface area (Å²) in [5.74, 6) is 2.69. The SMILES string of the molecule is C#CCCC(NCCC)c1ccc(Br)c(Cl)c1. The summed E-state index contributed by atoms with van der Waals surface area (Å²) < 4.78 is 0.925. The molecule has 92 valence electrons. The molecule has 1 aromatic rings. The molecule has 1 N–H and O–H groups in total. The fourth-order valence-corrected chi connectivity index (χ4v) is 2.10. The van der Waals surface area contributed by atoms with Gasteiger partial charge in [-0.15, -0.1) is 12.3 Å². The van der Waals surface area contributed by atoms with Crippen LogP contribution in [0.3, 0.4) is 0 Å². The van der Waals surface area contributed by atoms with E-state index in [0.29, 0.717) is 0 Å². The van der Waals surface area contributed by atoms with Crippen LogP contribution < -0.4 is 5.32 Å². The van der Waals surface area contributed by atoms with E-state index in [4.69, 9.17) is 18.0 Å². The first-order valence-corrected chi connectivity index (χ1v) is 6.98. The fraction of sp³-hybridized carbons (Fsp3) is 0.429. The van der Waals surface area contributed by atoms with E-state index in [9.17, 15) is 0 Å². The fourth-order valence-electron chi connectivity index (χ4n) is 1.66. The van der Waals surface area contributed by atoms with Crippen molar-refractivity contribution in [3.8, 4) is 12.3 Å². The Morgan fingerprint density at radius 2 is 2.29 bits per heavy atom. The average Bonchev–Trinajstić information content (AvgIpc) is 2.33. The van der Waals surface area contributed by atoms with Crippen LogP contribution in [0.15, 0.2) is 22.7 Å². The van der Waals surface area contributed by atoms with Crippen LogP contribution in [0, 0.1) is 12.3 Å². The number of halogens is 2. The van der Waals surface area contributed by atoms with E-state index in [1.165, 1.54) is 5.56 Å². The molecule has 0 radical (unpaired) electrons. The molecular formula is C14H17BrClN. The van der Waals surface area contributed by atoms with Crippen molar-refractivity contribution in [3.63, 3.8) is 0 Å². The summed E-state index contributed by atoms with van der Waals surface area (Å²) in [5.41, 5.74) is 1.20. The lowest BCUT2D eigenvalue weighted by Gasteiger charge is -2.18. The lowest BCUT2D eigenvalue weighted by molar-refractivity contribution is 0.505. The predicted octanol–water partition coefficient (Wildman–Crippen LogP) is 4.56. The van der Waals surface area contributed by atoms with Crippen LogP contribution >= 0.6 is 27.5 Å². The second-order valence-corrected chi connectivity index (χ2v) is 5.18. The minimum atomic E-state index is 0.289. The van der Waals surface area contributed by atoms with Gasteiger partial charge >= 0.3 is 0 Å². The number of nitrogens with one attached hydrogen (secondary N) is 1. The zero-order valence-electron chi connectivity index (χ0n) is 9.97. The third-order valence-electron chi connectivity index (χ3n) is 2.56. The predicted molar refractivity (Wildman–Crippen MR) is 78.3 cm³/mol. The molecule has 0 aromatic heterocycles. The van der Waals surface area contributed by atoms with Crippen LogP contribution in [0.1, 0.15) is 37.8 Å². The molecule has 0 aliphatic rings. The third kappa shape index (κ3) is 4.71. The van der Waals surface area contributed by atoms with Crippen LogP contribution in [0.5, 0.6) is 0 Å². The molecule has 17 heavy (non-hydrogen) atoms. The maximum absolute atomic E-state index is 6.11. The molecule has 1 unspecified atom stereocenters. The van der Waals surface area contributed by atoms with Crippen LogP contribution in [0.25, 0.3) is 0 Å². The summed E-state index contributed by atoms with van der Waals surface area (Å²) >= 11 is 9.51. The number of hydrogen-bond acceptors (Lipinski definition) is 1. The lowest BCUT2D eigenvalue weighted by Crippen LogP contribution is -2.22. The molecule has 0 bridgehead atoms. The van der Waals surface area contributed by atoms with E-state index in [1.54, 1.807) is 0 Å². The van der Waals surface area contributed by atoms with Crippen molar-refractivity contribution in [2.75, 3.05) is 6.54 Å². The molecule has 0 heterocycles. The number of hydrogen-bond donors (Lipinski definition) is 1. The Labute approximate surface area is 117 Å². The van der Waals surface area contributed by atoms with Gasteiger partial charge in [-0.25, -0.2) is 0 Å². The Bertz CT molecular complexity index is 398. The minimum absolute atomic E-state index is 0.289. The maximum Gasteiger partial charge on any atom is 0.0551 e. The van der Waals surface area contributed by atoms with E-state index < -0.39 is 0 Å². The Balaban J connectivity index is 2.80. The highest BCUT2D eigenvalue weighted by molar-refractivity contribution is 9.10. The molecule has 0 fully saturated rings. The van der Waals surface area contributed by atoms with Crippen molar-refractivity contribution in [2.24, 2.45) is 0 Å². The molecule has 1 nitrogen and oxygen atoms in total. The highest BCUT2D eigenvalue weighted by atomic mass is 79.9. The van der Waals surface area contributed by atoms with Gasteiger partial charge in [-0.05, 0) is 53.0 Å². The monoisotopic (exact) mass is 313 g/mol. The summed E-state index contributed by atoms with van der Waals surface area (Å²) in [5, 5.41) is 4.24. The van der Waals surface area contributed by atoms with E-state index in [0.717, 1.165) is 35.3 Å². The smallest absolute Gasteiger partial charge is 0.0551 e. The molecule has 1 atom stereocenters. The van der Waals surface area contributed by atoms with Crippen molar-refractivity contribution in [3.05, 3.63) is 33.3 Å². The molecular weight excluding hydrogens is 298 g/mol. The summed E-state index contributed by atoms with van der Waals surface area (Å²) in [6.45, 7) is 3.14. The number of terminal acetylenes is 1. The normalized spacial score (nSPS) is 12.1. The lowest BCUT2D eigenvalue weighted by atomic mass is 10.0. The van der Waals surface area contributed by atoms with Gasteiger partial charge in [0.25, 0.3) is 0 Å². The van der Waals surface area contributed by atoms with Gasteiger partial charge in [-0.3, -0.25) is 0 Å². The highest BCUT2D eigenvalue weighted by Gasteiger charge is 2.11. The van der Waals surface area contributed by atoms with Gasteiger partial charge in [0.05, 0.1) is 5.02 Å². The topological polar surface area (TPSA) is 12.0 Å². The molecule has 0 saturated carbocycles. The second kappa shape index (κ2) is 7.76. The van der Waals surface area contributed by atoms with Crippen molar-refractivity contribution < 1.29 is 0 Å². The largest absolute Gasteiger partial charge is 0.310 e. The van der Waals surface area contributed by atoms with Crippen molar-refractivity contribution in [1.29, 1.82) is 0 Å². The molecule has 0 spiro atoms. The molecule has 0 saturated heterocycles. The van der Waals surface area contributed by atoms with E-state index in [-0.39, 0.29) is 6.04 Å². The first-order valence-electron chi connectivity index (χ1n) is 5.80. The zero-order valence-corrected chi connectivity index (χ0v) is 12.3. The van der Waals surface area contributed by atoms with Gasteiger partial charge in [0.1, 0.15) is 0 Å². The summed E-state index contributed by atoms with van der Waals surface area (Å²) in [6, 6.07) is 6.35. The molecule has 0 aliphatic carbocycles. The van der Waals surface area contributed by atoms with Crippen LogP contribution in [-0.2, 0) is 0 Å². The first-order chi connectivity index (χ1) is 8.19. The van der Waals surface area contributed by atoms with Crippen LogP contribution in [0.4, 0.5) is 0 Å². The molecule has 1 aromatic carbocycles. The number of benzene rings is 1. The molecule has 1 rings (SSSR count). The Hall–Kier alpha value is -0.490. The van der Waals surface area contributed by atoms with Crippen LogP contribution in [-0.4, -0.2) is 6.54 Å². The van der Waals surface area contributed by atoms with E-state index in [2.05, 4.69) is 40.2 Å². The van der Waals surface area contributed by atoms with Crippen molar-refractivity contribution in [2.45, 2.75) is 32.2 Å². The standard InChI is InChI=1S/C14H17BrClN/c1-3-5-6-14(17-9-4-2)11-7-8-12(15)13(16)10-11/h1,7-8,10,14,17H,4-6,9H2,2H3. The summed E-state index contributed by atoms with van der Waals surface area (Å²) in [6.07, 6.45) is 8.15. The molecule has 0 aliphatic heterocycles. The third-order valence-corrected chi connectivity index (χ3v) is 3.80. The number of rotatable bonds is 6. The average molecular weight is 315 g/mol. The molecule has 0 amide bonds. The quantitative estimate of drug-likeness (QED) is 0.759. The van der Waals surface area contributed by atoms with Gasteiger partial charge < -0.3 is 5.32 Å². The first kappa shape index (κ1) is 14.6. The highest BCUT2D eigenvalue weighted by Crippen LogP contribution is 2.27. The van der Waals surface area contributed by atoms with Crippen molar-refractivity contribution in [1.82, 2.24) is 5.32 Å². The second-order valence-electron chi connectivity index (χ2n) is 3.92.